The highest BCUT2D eigenvalue weighted by Crippen LogP contribution is 2.44. The van der Waals surface area contributed by atoms with Gasteiger partial charge in [0.1, 0.15) is 11.8 Å². The van der Waals surface area contributed by atoms with Crippen molar-refractivity contribution < 1.29 is 22.7 Å². The number of rotatable bonds is 6. The van der Waals surface area contributed by atoms with Crippen molar-refractivity contribution in [2.45, 2.75) is 19.1 Å². The lowest BCUT2D eigenvalue weighted by Gasteiger charge is -2.34. The second-order valence-electron chi connectivity index (χ2n) is 8.93. The first-order chi connectivity index (χ1) is 19.7. The summed E-state index contributed by atoms with van der Waals surface area (Å²) in [5.74, 6) is -0.121. The third-order valence-corrected chi connectivity index (χ3v) is 6.29. The van der Waals surface area contributed by atoms with Crippen LogP contribution in [0.3, 0.4) is 0 Å². The van der Waals surface area contributed by atoms with Gasteiger partial charge in [0.05, 0.1) is 23.8 Å². The van der Waals surface area contributed by atoms with E-state index in [0.717, 1.165) is 12.1 Å². The van der Waals surface area contributed by atoms with E-state index in [2.05, 4.69) is 20.2 Å². The smallest absolute Gasteiger partial charge is 0.416 e. The maximum atomic E-state index is 13.6. The number of halogens is 3. The number of hydrogen-bond acceptors (Lipinski definition) is 6. The lowest BCUT2D eigenvalue weighted by Crippen LogP contribution is -2.30. The van der Waals surface area contributed by atoms with Crippen LogP contribution in [0.1, 0.15) is 29.7 Å². The van der Waals surface area contributed by atoms with Crippen LogP contribution in [0, 0.1) is 17.9 Å². The summed E-state index contributed by atoms with van der Waals surface area (Å²) >= 11 is 0. The van der Waals surface area contributed by atoms with Crippen molar-refractivity contribution in [3.8, 4) is 11.8 Å². The number of anilines is 3. The van der Waals surface area contributed by atoms with Crippen LogP contribution in [0.15, 0.2) is 90.3 Å². The number of alkyl halides is 3. The molecule has 1 aliphatic heterocycles. The Bertz CT molecular complexity index is 1720. The maximum absolute atomic E-state index is 13.6. The Morgan fingerprint density at radius 3 is 2.51 bits per heavy atom. The molecule has 1 aromatic heterocycles. The topological polar surface area (TPSA) is 100 Å². The predicted molar refractivity (Wildman–Crippen MR) is 143 cm³/mol. The Labute approximate surface area is 232 Å². The van der Waals surface area contributed by atoms with E-state index in [0.29, 0.717) is 22.6 Å². The van der Waals surface area contributed by atoms with Gasteiger partial charge in [-0.25, -0.2) is 9.53 Å². The van der Waals surface area contributed by atoms with Crippen LogP contribution in [-0.2, 0) is 11.0 Å². The van der Waals surface area contributed by atoms with Crippen molar-refractivity contribution >= 4 is 23.5 Å². The Hall–Kier alpha value is -5.62. The first kappa shape index (κ1) is 27.0. The summed E-state index contributed by atoms with van der Waals surface area (Å²) in [7, 11) is 0. The number of aromatic nitrogens is 3. The van der Waals surface area contributed by atoms with E-state index in [1.54, 1.807) is 61.5 Å². The van der Waals surface area contributed by atoms with Gasteiger partial charge in [-0.15, -0.1) is 5.10 Å². The van der Waals surface area contributed by atoms with E-state index in [1.165, 1.54) is 21.7 Å². The monoisotopic (exact) mass is 555 g/mol. The molecule has 3 aromatic carbocycles. The number of nitrogens with zero attached hydrogens (tertiary/aromatic N) is 6. The first-order valence-corrected chi connectivity index (χ1v) is 12.2. The van der Waals surface area contributed by atoms with E-state index in [4.69, 9.17) is 11.3 Å². The van der Waals surface area contributed by atoms with Crippen LogP contribution in [0.5, 0.6) is 5.75 Å². The molecule has 0 saturated carbocycles. The van der Waals surface area contributed by atoms with E-state index in [9.17, 15) is 23.2 Å². The number of ether oxygens (including phenoxy) is 1. The van der Waals surface area contributed by atoms with Crippen LogP contribution in [0.25, 0.3) is 4.85 Å². The first-order valence-electron chi connectivity index (χ1n) is 12.2. The summed E-state index contributed by atoms with van der Waals surface area (Å²) in [5, 5.41) is 16.2. The molecule has 4 aromatic rings. The SMILES string of the molecule is [C-]#[N+]C1=C(C)N(c2cccc(C(F)(F)F)c2)c2nc(NC(=O)COc3ccccc3)nn2[C@@H]1c1ccc(C#N)cc1. The Kier molecular flexibility index (Phi) is 7.15. The van der Waals surface area contributed by atoms with Crippen LogP contribution in [-0.4, -0.2) is 27.3 Å². The van der Waals surface area contributed by atoms with Gasteiger partial charge in [0, 0.05) is 11.4 Å². The molecule has 0 aliphatic carbocycles. The molecule has 41 heavy (non-hydrogen) atoms. The zero-order chi connectivity index (χ0) is 29.1. The van der Waals surface area contributed by atoms with Gasteiger partial charge in [0.15, 0.2) is 6.61 Å². The molecule has 0 bridgehead atoms. The van der Waals surface area contributed by atoms with Crippen molar-refractivity contribution in [2.75, 3.05) is 16.8 Å². The summed E-state index contributed by atoms with van der Waals surface area (Å²) in [6.45, 7) is 9.20. The molecule has 5 rings (SSSR count). The summed E-state index contributed by atoms with van der Waals surface area (Å²) < 4.78 is 47.5. The maximum Gasteiger partial charge on any atom is 0.416 e. The Balaban J connectivity index is 1.57. The Morgan fingerprint density at radius 1 is 1.12 bits per heavy atom. The van der Waals surface area contributed by atoms with Gasteiger partial charge in [0.25, 0.3) is 11.9 Å². The molecule has 204 valence electrons. The molecule has 0 saturated heterocycles. The van der Waals surface area contributed by atoms with Gasteiger partial charge in [-0.3, -0.25) is 15.0 Å². The number of para-hydroxylation sites is 1. The van der Waals surface area contributed by atoms with Crippen molar-refractivity contribution in [1.82, 2.24) is 14.8 Å². The van der Waals surface area contributed by atoms with E-state index in [-0.39, 0.29) is 29.9 Å². The van der Waals surface area contributed by atoms with Gasteiger partial charge in [-0.1, -0.05) is 36.4 Å². The number of hydrogen-bond donors (Lipinski definition) is 1. The van der Waals surface area contributed by atoms with Crippen molar-refractivity contribution in [1.29, 1.82) is 5.26 Å². The molecular formula is C29H20F3N7O2. The van der Waals surface area contributed by atoms with Gasteiger partial charge < -0.3 is 4.74 Å². The number of fused-ring (bicyclic) bond motifs is 1. The fraction of sp³-hybridized carbons (Fsp3) is 0.138. The lowest BCUT2D eigenvalue weighted by atomic mass is 9.99. The fourth-order valence-electron chi connectivity index (χ4n) is 4.41. The third kappa shape index (κ3) is 5.44. The summed E-state index contributed by atoms with van der Waals surface area (Å²) in [6.07, 6.45) is -4.59. The molecule has 9 nitrogen and oxygen atoms in total. The summed E-state index contributed by atoms with van der Waals surface area (Å²) in [6, 6.07) is 21.1. The minimum atomic E-state index is -4.59. The highest BCUT2D eigenvalue weighted by Gasteiger charge is 2.38. The van der Waals surface area contributed by atoms with Crippen molar-refractivity contribution in [3.63, 3.8) is 0 Å². The van der Waals surface area contributed by atoms with Gasteiger partial charge in [-0.2, -0.15) is 23.4 Å². The fourth-order valence-corrected chi connectivity index (χ4v) is 4.41. The molecule has 0 radical (unpaired) electrons. The predicted octanol–water partition coefficient (Wildman–Crippen LogP) is 6.08. The van der Waals surface area contributed by atoms with Crippen LogP contribution >= 0.6 is 0 Å². The number of carbonyl (C=O) groups is 1. The molecule has 1 N–H and O–H groups in total. The minimum Gasteiger partial charge on any atom is -0.484 e. The van der Waals surface area contributed by atoms with E-state index >= 15 is 0 Å². The van der Waals surface area contributed by atoms with E-state index < -0.39 is 23.7 Å². The van der Waals surface area contributed by atoms with Gasteiger partial charge in [-0.05, 0) is 55.0 Å². The zero-order valence-corrected chi connectivity index (χ0v) is 21.4. The molecule has 2 heterocycles. The average Bonchev–Trinajstić information content (AvgIpc) is 3.38. The summed E-state index contributed by atoms with van der Waals surface area (Å²) in [5.41, 5.74) is 0.739. The Morgan fingerprint density at radius 2 is 1.85 bits per heavy atom. The average molecular weight is 556 g/mol. The lowest BCUT2D eigenvalue weighted by molar-refractivity contribution is -0.137. The van der Waals surface area contributed by atoms with Crippen LogP contribution in [0.2, 0.25) is 0 Å². The normalized spacial score (nSPS) is 14.6. The zero-order valence-electron chi connectivity index (χ0n) is 21.4. The number of nitrogens with one attached hydrogen (secondary N) is 1. The van der Waals surface area contributed by atoms with Crippen molar-refractivity contribution in [3.05, 3.63) is 118 Å². The molecule has 1 amide bonds. The minimum absolute atomic E-state index is 0.0860. The second-order valence-corrected chi connectivity index (χ2v) is 8.93. The third-order valence-electron chi connectivity index (χ3n) is 6.29. The van der Waals surface area contributed by atoms with E-state index in [1.807, 2.05) is 6.07 Å². The second kappa shape index (κ2) is 10.9. The highest BCUT2D eigenvalue weighted by molar-refractivity contribution is 5.90. The van der Waals surface area contributed by atoms with Gasteiger partial charge in [0.2, 0.25) is 11.6 Å². The number of benzene rings is 3. The van der Waals surface area contributed by atoms with Gasteiger partial charge >= 0.3 is 6.18 Å². The molecule has 0 fully saturated rings. The molecule has 0 spiro atoms. The number of nitriles is 1. The quantitative estimate of drug-likeness (QED) is 0.290. The van der Waals surface area contributed by atoms with Crippen LogP contribution in [0.4, 0.5) is 30.8 Å². The largest absolute Gasteiger partial charge is 0.484 e. The standard InChI is InChI=1S/C29H20F3N7O2/c1-18-25(34-2)26(20-13-11-19(16-33)12-14-20)39-28(38(18)22-8-6-7-21(15-22)29(30,31)32)36-27(37-39)35-24(40)17-41-23-9-4-3-5-10-23/h3-15,26H,17H2,1H3,(H,35,37,40)/t26-/m1/s1. The molecule has 0 unspecified atom stereocenters. The molecule has 12 heteroatoms. The number of carbonyl (C=O) groups excluding carboxylic acids is 1. The summed E-state index contributed by atoms with van der Waals surface area (Å²) in [4.78, 5) is 22.2. The van der Waals surface area contributed by atoms with Crippen molar-refractivity contribution in [2.24, 2.45) is 0 Å². The number of amides is 1. The number of allylic oxidation sites excluding steroid dienone is 2. The van der Waals surface area contributed by atoms with Crippen LogP contribution < -0.4 is 15.0 Å². The highest BCUT2D eigenvalue weighted by atomic mass is 19.4. The molecule has 1 aliphatic rings. The molecule has 1 atom stereocenters. The molecular weight excluding hydrogens is 535 g/mol.